The number of para-hydroxylation sites is 1. The SMILES string of the molecule is COc1cccc(CCC(=O)Nc2cccc3c2CCCC3)c1OC. The van der Waals surface area contributed by atoms with Crippen molar-refractivity contribution in [2.45, 2.75) is 38.5 Å². The molecular formula is C21H25NO3. The fourth-order valence-electron chi connectivity index (χ4n) is 3.51. The molecule has 1 N–H and O–H groups in total. The molecule has 0 aliphatic heterocycles. The summed E-state index contributed by atoms with van der Waals surface area (Å²) in [6.45, 7) is 0. The number of carbonyl (C=O) groups excluding carboxylic acids is 1. The normalized spacial score (nSPS) is 13.0. The minimum Gasteiger partial charge on any atom is -0.493 e. The molecule has 0 aromatic heterocycles. The molecule has 0 spiro atoms. The van der Waals surface area contributed by atoms with Crippen LogP contribution < -0.4 is 14.8 Å². The highest BCUT2D eigenvalue weighted by Gasteiger charge is 2.15. The van der Waals surface area contributed by atoms with Gasteiger partial charge in [0.2, 0.25) is 5.91 Å². The van der Waals surface area contributed by atoms with Crippen LogP contribution in [0.4, 0.5) is 5.69 Å². The summed E-state index contributed by atoms with van der Waals surface area (Å²) in [5.41, 5.74) is 4.63. The van der Waals surface area contributed by atoms with Gasteiger partial charge in [-0.1, -0.05) is 24.3 Å². The van der Waals surface area contributed by atoms with Crippen LogP contribution in [-0.2, 0) is 24.1 Å². The number of methoxy groups -OCH3 is 2. The van der Waals surface area contributed by atoms with Crippen molar-refractivity contribution >= 4 is 11.6 Å². The first kappa shape index (κ1) is 17.3. The van der Waals surface area contributed by atoms with E-state index < -0.39 is 0 Å². The van der Waals surface area contributed by atoms with E-state index in [1.54, 1.807) is 14.2 Å². The molecular weight excluding hydrogens is 314 g/mol. The first-order valence-corrected chi connectivity index (χ1v) is 8.83. The Morgan fingerprint density at radius 1 is 1.04 bits per heavy atom. The first-order chi connectivity index (χ1) is 12.2. The molecule has 1 amide bonds. The van der Waals surface area contributed by atoms with E-state index in [9.17, 15) is 4.79 Å². The van der Waals surface area contributed by atoms with Gasteiger partial charge in [-0.05, 0) is 60.9 Å². The molecule has 4 nitrogen and oxygen atoms in total. The molecule has 0 saturated carbocycles. The summed E-state index contributed by atoms with van der Waals surface area (Å²) in [6, 6.07) is 12.0. The number of fused-ring (bicyclic) bond motifs is 1. The van der Waals surface area contributed by atoms with Crippen LogP contribution in [0.25, 0.3) is 0 Å². The van der Waals surface area contributed by atoms with Crippen LogP contribution in [0.15, 0.2) is 36.4 Å². The Morgan fingerprint density at radius 2 is 1.84 bits per heavy atom. The van der Waals surface area contributed by atoms with Crippen molar-refractivity contribution in [2.24, 2.45) is 0 Å². The lowest BCUT2D eigenvalue weighted by molar-refractivity contribution is -0.116. The second kappa shape index (κ2) is 8.06. The number of amides is 1. The van der Waals surface area contributed by atoms with Crippen LogP contribution in [0.1, 0.15) is 36.0 Å². The van der Waals surface area contributed by atoms with Crippen molar-refractivity contribution in [1.82, 2.24) is 0 Å². The highest BCUT2D eigenvalue weighted by Crippen LogP contribution is 2.32. The summed E-state index contributed by atoms with van der Waals surface area (Å²) in [4.78, 5) is 12.4. The van der Waals surface area contributed by atoms with Gasteiger partial charge in [0.25, 0.3) is 0 Å². The maximum Gasteiger partial charge on any atom is 0.224 e. The lowest BCUT2D eigenvalue weighted by Gasteiger charge is -2.19. The van der Waals surface area contributed by atoms with Crippen molar-refractivity contribution in [2.75, 3.05) is 19.5 Å². The Kier molecular flexibility index (Phi) is 5.59. The van der Waals surface area contributed by atoms with Crippen molar-refractivity contribution in [3.05, 3.63) is 53.1 Å². The number of carbonyl (C=O) groups is 1. The number of ether oxygens (including phenoxy) is 2. The zero-order valence-electron chi connectivity index (χ0n) is 14.9. The number of nitrogens with one attached hydrogen (secondary N) is 1. The molecule has 132 valence electrons. The van der Waals surface area contributed by atoms with E-state index in [0.717, 1.165) is 24.1 Å². The predicted molar refractivity (Wildman–Crippen MR) is 99.6 cm³/mol. The first-order valence-electron chi connectivity index (χ1n) is 8.83. The van der Waals surface area contributed by atoms with Crippen LogP contribution in [0.2, 0.25) is 0 Å². The molecule has 0 fully saturated rings. The maximum absolute atomic E-state index is 12.4. The quantitative estimate of drug-likeness (QED) is 0.860. The molecule has 4 heteroatoms. The number of rotatable bonds is 6. The lowest BCUT2D eigenvalue weighted by atomic mass is 9.90. The molecule has 2 aromatic carbocycles. The number of hydrogen-bond donors (Lipinski definition) is 1. The van der Waals surface area contributed by atoms with Gasteiger partial charge in [-0.3, -0.25) is 4.79 Å². The van der Waals surface area contributed by atoms with Crippen molar-refractivity contribution in [1.29, 1.82) is 0 Å². The van der Waals surface area contributed by atoms with Gasteiger partial charge in [0.05, 0.1) is 14.2 Å². The average molecular weight is 339 g/mol. The molecule has 3 rings (SSSR count). The molecule has 0 heterocycles. The summed E-state index contributed by atoms with van der Waals surface area (Å²) < 4.78 is 10.8. The third-order valence-corrected chi connectivity index (χ3v) is 4.78. The summed E-state index contributed by atoms with van der Waals surface area (Å²) in [5.74, 6) is 1.43. The summed E-state index contributed by atoms with van der Waals surface area (Å²) in [7, 11) is 3.24. The van der Waals surface area contributed by atoms with Crippen molar-refractivity contribution < 1.29 is 14.3 Å². The van der Waals surface area contributed by atoms with E-state index in [-0.39, 0.29) is 5.91 Å². The number of hydrogen-bond acceptors (Lipinski definition) is 3. The molecule has 0 radical (unpaired) electrons. The predicted octanol–water partition coefficient (Wildman–Crippen LogP) is 4.15. The molecule has 25 heavy (non-hydrogen) atoms. The summed E-state index contributed by atoms with van der Waals surface area (Å²) >= 11 is 0. The fraction of sp³-hybridized carbons (Fsp3) is 0.381. The van der Waals surface area contributed by atoms with Gasteiger partial charge in [-0.15, -0.1) is 0 Å². The van der Waals surface area contributed by atoms with Gasteiger partial charge < -0.3 is 14.8 Å². The highest BCUT2D eigenvalue weighted by molar-refractivity contribution is 5.92. The lowest BCUT2D eigenvalue weighted by Crippen LogP contribution is -2.16. The monoisotopic (exact) mass is 339 g/mol. The third kappa shape index (κ3) is 3.95. The number of anilines is 1. The molecule has 2 aromatic rings. The minimum absolute atomic E-state index is 0.0313. The number of benzene rings is 2. The molecule has 0 atom stereocenters. The smallest absolute Gasteiger partial charge is 0.224 e. The Hall–Kier alpha value is -2.49. The molecule has 1 aliphatic carbocycles. The van der Waals surface area contributed by atoms with Gasteiger partial charge in [0.15, 0.2) is 11.5 Å². The van der Waals surface area contributed by atoms with Gasteiger partial charge in [-0.2, -0.15) is 0 Å². The molecule has 1 aliphatic rings. The van der Waals surface area contributed by atoms with Gasteiger partial charge in [0, 0.05) is 12.1 Å². The fourth-order valence-corrected chi connectivity index (χ4v) is 3.51. The molecule has 0 bridgehead atoms. The third-order valence-electron chi connectivity index (χ3n) is 4.78. The van der Waals surface area contributed by atoms with Crippen LogP contribution >= 0.6 is 0 Å². The van der Waals surface area contributed by atoms with Crippen molar-refractivity contribution in [3.8, 4) is 11.5 Å². The second-order valence-corrected chi connectivity index (χ2v) is 6.35. The molecule has 0 saturated heterocycles. The minimum atomic E-state index is 0.0313. The zero-order valence-corrected chi connectivity index (χ0v) is 14.9. The van der Waals surface area contributed by atoms with Gasteiger partial charge >= 0.3 is 0 Å². The van der Waals surface area contributed by atoms with E-state index in [1.807, 2.05) is 30.3 Å². The number of aryl methyl sites for hydroxylation is 2. The van der Waals surface area contributed by atoms with E-state index >= 15 is 0 Å². The van der Waals surface area contributed by atoms with Gasteiger partial charge in [0.1, 0.15) is 0 Å². The van der Waals surface area contributed by atoms with Crippen molar-refractivity contribution in [3.63, 3.8) is 0 Å². The Balaban J connectivity index is 1.67. The largest absolute Gasteiger partial charge is 0.493 e. The Morgan fingerprint density at radius 3 is 2.64 bits per heavy atom. The zero-order chi connectivity index (χ0) is 17.6. The van der Waals surface area contributed by atoms with E-state index in [2.05, 4.69) is 11.4 Å². The van der Waals surface area contributed by atoms with E-state index in [0.29, 0.717) is 24.3 Å². The Labute approximate surface area is 149 Å². The van der Waals surface area contributed by atoms with E-state index in [1.165, 1.54) is 24.0 Å². The maximum atomic E-state index is 12.4. The topological polar surface area (TPSA) is 47.6 Å². The van der Waals surface area contributed by atoms with E-state index in [4.69, 9.17) is 9.47 Å². The standard InChI is InChI=1S/C21H25NO3/c1-24-19-12-6-9-16(21(19)25-2)13-14-20(23)22-18-11-5-8-15-7-3-4-10-17(15)18/h5-6,8-9,11-12H,3-4,7,10,13-14H2,1-2H3,(H,22,23). The van der Waals surface area contributed by atoms with Crippen LogP contribution in [0, 0.1) is 0 Å². The van der Waals surface area contributed by atoms with Crippen LogP contribution in [0.3, 0.4) is 0 Å². The van der Waals surface area contributed by atoms with Crippen LogP contribution in [-0.4, -0.2) is 20.1 Å². The van der Waals surface area contributed by atoms with Crippen LogP contribution in [0.5, 0.6) is 11.5 Å². The summed E-state index contributed by atoms with van der Waals surface area (Å²) in [5, 5.41) is 3.10. The summed E-state index contributed by atoms with van der Waals surface area (Å²) in [6.07, 6.45) is 5.62. The average Bonchev–Trinajstić information content (AvgIpc) is 2.66. The molecule has 0 unspecified atom stereocenters. The highest BCUT2D eigenvalue weighted by atomic mass is 16.5. The van der Waals surface area contributed by atoms with Gasteiger partial charge in [-0.25, -0.2) is 0 Å². The second-order valence-electron chi connectivity index (χ2n) is 6.35. The Bertz CT molecular complexity index is 755.